The van der Waals surface area contributed by atoms with Crippen LogP contribution >= 0.6 is 0 Å². The Morgan fingerprint density at radius 1 is 1.43 bits per heavy atom. The van der Waals surface area contributed by atoms with Crippen molar-refractivity contribution in [1.82, 2.24) is 10.2 Å². The van der Waals surface area contributed by atoms with Crippen molar-refractivity contribution in [3.05, 3.63) is 34.9 Å². The fraction of sp³-hybridized carbons (Fsp3) is 0.471. The van der Waals surface area contributed by atoms with Gasteiger partial charge in [-0.1, -0.05) is 17.9 Å². The van der Waals surface area contributed by atoms with Crippen molar-refractivity contribution < 1.29 is 9.90 Å². The van der Waals surface area contributed by atoms with Crippen molar-refractivity contribution in [2.24, 2.45) is 0 Å². The van der Waals surface area contributed by atoms with Crippen molar-refractivity contribution in [1.29, 1.82) is 0 Å². The van der Waals surface area contributed by atoms with Crippen molar-refractivity contribution in [3.8, 4) is 11.8 Å². The summed E-state index contributed by atoms with van der Waals surface area (Å²) in [6.07, 6.45) is 0.441. The summed E-state index contributed by atoms with van der Waals surface area (Å²) in [5.74, 6) is 5.79. The van der Waals surface area contributed by atoms with E-state index in [9.17, 15) is 4.79 Å². The number of nitrogens with one attached hydrogen (secondary N) is 1. The largest absolute Gasteiger partial charge is 0.395 e. The van der Waals surface area contributed by atoms with Gasteiger partial charge < -0.3 is 15.3 Å². The zero-order valence-electron chi connectivity index (χ0n) is 13.2. The highest BCUT2D eigenvalue weighted by molar-refractivity contribution is 5.94. The molecule has 0 aliphatic heterocycles. The number of aliphatic hydroxyl groups is 1. The maximum atomic E-state index is 12.1. The van der Waals surface area contributed by atoms with Gasteiger partial charge >= 0.3 is 0 Å². The first-order valence-electron chi connectivity index (χ1n) is 7.10. The first-order valence-corrected chi connectivity index (χ1v) is 7.10. The number of likely N-dealkylation sites (N-methyl/N-ethyl adjacent to an activating group) is 1. The Kier molecular flexibility index (Phi) is 6.93. The number of carbonyl (C=O) groups excluding carboxylic acids is 1. The summed E-state index contributed by atoms with van der Waals surface area (Å²) in [6, 6.07) is 5.79. The molecule has 0 bridgehead atoms. The van der Waals surface area contributed by atoms with Crippen LogP contribution in [0.3, 0.4) is 0 Å². The van der Waals surface area contributed by atoms with E-state index in [0.717, 1.165) is 11.1 Å². The predicted octanol–water partition coefficient (Wildman–Crippen LogP) is 1.41. The third-order valence-corrected chi connectivity index (χ3v) is 3.40. The number of rotatable bonds is 5. The van der Waals surface area contributed by atoms with E-state index >= 15 is 0 Å². The summed E-state index contributed by atoms with van der Waals surface area (Å²) >= 11 is 0. The van der Waals surface area contributed by atoms with Crippen LogP contribution in [0.4, 0.5) is 0 Å². The van der Waals surface area contributed by atoms with Crippen molar-refractivity contribution >= 4 is 5.91 Å². The molecule has 1 unspecified atom stereocenters. The van der Waals surface area contributed by atoms with Gasteiger partial charge in [0, 0.05) is 30.1 Å². The lowest BCUT2D eigenvalue weighted by Crippen LogP contribution is -2.38. The van der Waals surface area contributed by atoms with Crippen LogP contribution in [-0.2, 0) is 0 Å². The van der Waals surface area contributed by atoms with E-state index in [1.54, 1.807) is 6.07 Å². The number of benzene rings is 1. The lowest BCUT2D eigenvalue weighted by molar-refractivity contribution is 0.0943. The second kappa shape index (κ2) is 8.46. The molecule has 0 saturated heterocycles. The number of amides is 1. The SMILES string of the molecule is Cc1ccc(C(=O)NCC(C)N(C)C)cc1C#CCCO. The van der Waals surface area contributed by atoms with Crippen LogP contribution in [0.5, 0.6) is 0 Å². The quantitative estimate of drug-likeness (QED) is 0.806. The van der Waals surface area contributed by atoms with Gasteiger partial charge in [-0.25, -0.2) is 0 Å². The summed E-state index contributed by atoms with van der Waals surface area (Å²) < 4.78 is 0. The molecular formula is C17H24N2O2. The van der Waals surface area contributed by atoms with E-state index in [4.69, 9.17) is 5.11 Å². The number of aliphatic hydroxyl groups excluding tert-OH is 1. The zero-order valence-corrected chi connectivity index (χ0v) is 13.2. The van der Waals surface area contributed by atoms with Gasteiger partial charge in [-0.2, -0.15) is 0 Å². The van der Waals surface area contributed by atoms with Crippen LogP contribution in [0.1, 0.15) is 34.8 Å². The molecule has 4 nitrogen and oxygen atoms in total. The van der Waals surface area contributed by atoms with Gasteiger partial charge in [0.25, 0.3) is 5.91 Å². The summed E-state index contributed by atoms with van der Waals surface area (Å²) in [5, 5.41) is 11.7. The molecule has 0 radical (unpaired) electrons. The van der Waals surface area contributed by atoms with Gasteiger partial charge in [0.1, 0.15) is 0 Å². The van der Waals surface area contributed by atoms with Crippen LogP contribution in [0.25, 0.3) is 0 Å². The topological polar surface area (TPSA) is 52.6 Å². The molecule has 1 aromatic rings. The third-order valence-electron chi connectivity index (χ3n) is 3.40. The van der Waals surface area contributed by atoms with Gasteiger partial charge in [-0.3, -0.25) is 4.79 Å². The molecule has 1 aromatic carbocycles. The molecule has 21 heavy (non-hydrogen) atoms. The average molecular weight is 288 g/mol. The highest BCUT2D eigenvalue weighted by atomic mass is 16.2. The van der Waals surface area contributed by atoms with Crippen molar-refractivity contribution in [2.45, 2.75) is 26.3 Å². The summed E-state index contributed by atoms with van der Waals surface area (Å²) in [5.41, 5.74) is 2.47. The molecule has 0 fully saturated rings. The number of carbonyl (C=O) groups is 1. The van der Waals surface area contributed by atoms with E-state index in [1.807, 2.05) is 33.2 Å². The molecule has 0 heterocycles. The molecule has 0 spiro atoms. The third kappa shape index (κ3) is 5.58. The van der Waals surface area contributed by atoms with Crippen molar-refractivity contribution in [3.63, 3.8) is 0 Å². The molecular weight excluding hydrogens is 264 g/mol. The average Bonchev–Trinajstić information content (AvgIpc) is 2.46. The second-order valence-corrected chi connectivity index (χ2v) is 5.33. The Morgan fingerprint density at radius 2 is 2.14 bits per heavy atom. The smallest absolute Gasteiger partial charge is 0.251 e. The maximum Gasteiger partial charge on any atom is 0.251 e. The van der Waals surface area contributed by atoms with E-state index in [0.29, 0.717) is 18.5 Å². The first kappa shape index (κ1) is 17.2. The van der Waals surface area contributed by atoms with Gasteiger partial charge in [-0.15, -0.1) is 0 Å². The number of nitrogens with zero attached hydrogens (tertiary/aromatic N) is 1. The molecule has 0 aliphatic carbocycles. The summed E-state index contributed by atoms with van der Waals surface area (Å²) in [4.78, 5) is 14.2. The fourth-order valence-corrected chi connectivity index (χ4v) is 1.64. The van der Waals surface area contributed by atoms with E-state index in [1.165, 1.54) is 0 Å². The Hall–Kier alpha value is -1.83. The standard InChI is InChI=1S/C17H24N2O2/c1-13-8-9-16(11-15(13)7-5-6-10-20)17(21)18-12-14(2)19(3)4/h8-9,11,14,20H,6,10,12H2,1-4H3,(H,18,21). The van der Waals surface area contributed by atoms with Gasteiger partial charge in [0.15, 0.2) is 0 Å². The molecule has 4 heteroatoms. The van der Waals surface area contributed by atoms with Gasteiger partial charge in [0.05, 0.1) is 6.61 Å². The molecule has 0 saturated carbocycles. The van der Waals surface area contributed by atoms with E-state index in [-0.39, 0.29) is 18.6 Å². The lowest BCUT2D eigenvalue weighted by Gasteiger charge is -2.20. The molecule has 2 N–H and O–H groups in total. The number of hydrogen-bond donors (Lipinski definition) is 2. The predicted molar refractivity (Wildman–Crippen MR) is 85.2 cm³/mol. The Balaban J connectivity index is 2.77. The van der Waals surface area contributed by atoms with Crippen molar-refractivity contribution in [2.75, 3.05) is 27.2 Å². The summed E-state index contributed by atoms with van der Waals surface area (Å²) in [6.45, 7) is 4.67. The van der Waals surface area contributed by atoms with Crippen LogP contribution in [0.15, 0.2) is 18.2 Å². The van der Waals surface area contributed by atoms with Crippen LogP contribution < -0.4 is 5.32 Å². The van der Waals surface area contributed by atoms with Crippen LogP contribution in [-0.4, -0.2) is 49.2 Å². The first-order chi connectivity index (χ1) is 9.95. The molecule has 0 aromatic heterocycles. The maximum absolute atomic E-state index is 12.1. The Bertz CT molecular complexity index is 541. The zero-order chi connectivity index (χ0) is 15.8. The normalized spacial score (nSPS) is 11.7. The fourth-order valence-electron chi connectivity index (χ4n) is 1.64. The molecule has 0 aliphatic rings. The minimum Gasteiger partial charge on any atom is -0.395 e. The number of aryl methyl sites for hydroxylation is 1. The van der Waals surface area contributed by atoms with E-state index < -0.39 is 0 Å². The molecule has 114 valence electrons. The minimum atomic E-state index is -0.0890. The molecule has 1 atom stereocenters. The number of hydrogen-bond acceptors (Lipinski definition) is 3. The lowest BCUT2D eigenvalue weighted by atomic mass is 10.0. The Labute approximate surface area is 127 Å². The van der Waals surface area contributed by atoms with Crippen LogP contribution in [0.2, 0.25) is 0 Å². The Morgan fingerprint density at radius 3 is 2.76 bits per heavy atom. The van der Waals surface area contributed by atoms with Gasteiger partial charge in [-0.05, 0) is 45.6 Å². The highest BCUT2D eigenvalue weighted by Crippen LogP contribution is 2.10. The molecule has 1 rings (SSSR count). The second-order valence-electron chi connectivity index (χ2n) is 5.33. The monoisotopic (exact) mass is 288 g/mol. The van der Waals surface area contributed by atoms with E-state index in [2.05, 4.69) is 29.0 Å². The van der Waals surface area contributed by atoms with Gasteiger partial charge in [0.2, 0.25) is 0 Å². The summed E-state index contributed by atoms with van der Waals surface area (Å²) in [7, 11) is 3.97. The highest BCUT2D eigenvalue weighted by Gasteiger charge is 2.10. The molecule has 1 amide bonds. The minimum absolute atomic E-state index is 0.0502. The van der Waals surface area contributed by atoms with Crippen LogP contribution in [0, 0.1) is 18.8 Å².